The lowest BCUT2D eigenvalue weighted by molar-refractivity contribution is 0.102. The van der Waals surface area contributed by atoms with Crippen molar-refractivity contribution in [1.29, 1.82) is 0 Å². The molecule has 3 N–H and O–H groups in total. The number of carbonyl (C=O) groups is 1. The number of nitrogen functional groups attached to an aromatic ring is 1. The smallest absolute Gasteiger partial charge is 0.255 e. The van der Waals surface area contributed by atoms with Crippen molar-refractivity contribution in [2.75, 3.05) is 11.1 Å². The summed E-state index contributed by atoms with van der Waals surface area (Å²) in [7, 11) is 0. The number of hydrogen-bond acceptors (Lipinski definition) is 2. The zero-order valence-electron chi connectivity index (χ0n) is 10.8. The summed E-state index contributed by atoms with van der Waals surface area (Å²) >= 11 is 0. The summed E-state index contributed by atoms with van der Waals surface area (Å²) in [4.78, 5) is 12.1. The van der Waals surface area contributed by atoms with Gasteiger partial charge in [-0.1, -0.05) is 17.2 Å². The van der Waals surface area contributed by atoms with Gasteiger partial charge in [0, 0.05) is 16.9 Å². The van der Waals surface area contributed by atoms with Crippen LogP contribution in [-0.2, 0) is 0 Å². The molecule has 0 bridgehead atoms. The normalized spacial score (nSPS) is 10.3. The molecule has 2 aromatic rings. The van der Waals surface area contributed by atoms with Crippen LogP contribution in [-0.4, -0.2) is 5.91 Å². The van der Waals surface area contributed by atoms with Crippen LogP contribution >= 0.6 is 0 Å². The quantitative estimate of drug-likeness (QED) is 0.812. The number of halogens is 1. The maximum Gasteiger partial charge on any atom is 0.255 e. The highest BCUT2D eigenvalue weighted by atomic mass is 19.1. The van der Waals surface area contributed by atoms with E-state index in [1.807, 2.05) is 19.9 Å². The molecule has 2 aromatic carbocycles. The topological polar surface area (TPSA) is 55.1 Å². The molecule has 0 aliphatic rings. The first-order chi connectivity index (χ1) is 8.94. The SMILES string of the molecule is Cc1cc(C)cc(C(=O)Nc2cc(N)cc(F)c2)c1. The fraction of sp³-hybridized carbons (Fsp3) is 0.133. The van der Waals surface area contributed by atoms with Gasteiger partial charge in [-0.05, 0) is 44.2 Å². The highest BCUT2D eigenvalue weighted by Gasteiger charge is 2.08. The summed E-state index contributed by atoms with van der Waals surface area (Å²) in [5.41, 5.74) is 8.70. The van der Waals surface area contributed by atoms with Crippen LogP contribution in [0, 0.1) is 19.7 Å². The van der Waals surface area contributed by atoms with Gasteiger partial charge in [-0.2, -0.15) is 0 Å². The van der Waals surface area contributed by atoms with Gasteiger partial charge in [-0.25, -0.2) is 4.39 Å². The first-order valence-corrected chi connectivity index (χ1v) is 5.90. The third kappa shape index (κ3) is 3.31. The highest BCUT2D eigenvalue weighted by molar-refractivity contribution is 6.04. The van der Waals surface area contributed by atoms with Crippen LogP contribution in [0.2, 0.25) is 0 Å². The monoisotopic (exact) mass is 258 g/mol. The average molecular weight is 258 g/mol. The number of hydrogen-bond donors (Lipinski definition) is 2. The van der Waals surface area contributed by atoms with Crippen molar-refractivity contribution in [2.24, 2.45) is 0 Å². The number of nitrogens with two attached hydrogens (primary N) is 1. The lowest BCUT2D eigenvalue weighted by Gasteiger charge is -2.08. The zero-order chi connectivity index (χ0) is 14.0. The number of anilines is 2. The van der Waals surface area contributed by atoms with Gasteiger partial charge >= 0.3 is 0 Å². The number of aryl methyl sites for hydroxylation is 2. The molecule has 0 aliphatic carbocycles. The van der Waals surface area contributed by atoms with Crippen molar-refractivity contribution < 1.29 is 9.18 Å². The largest absolute Gasteiger partial charge is 0.399 e. The molecule has 19 heavy (non-hydrogen) atoms. The molecule has 3 nitrogen and oxygen atoms in total. The van der Waals surface area contributed by atoms with Gasteiger partial charge < -0.3 is 11.1 Å². The van der Waals surface area contributed by atoms with Gasteiger partial charge in [0.15, 0.2) is 0 Å². The van der Waals surface area contributed by atoms with E-state index in [0.29, 0.717) is 11.3 Å². The molecular weight excluding hydrogens is 243 g/mol. The molecule has 0 heterocycles. The van der Waals surface area contributed by atoms with Gasteiger partial charge in [0.25, 0.3) is 5.91 Å². The molecule has 4 heteroatoms. The van der Waals surface area contributed by atoms with Crippen molar-refractivity contribution in [1.82, 2.24) is 0 Å². The molecule has 0 spiro atoms. The molecule has 0 saturated heterocycles. The Balaban J connectivity index is 2.25. The first-order valence-electron chi connectivity index (χ1n) is 5.90. The second-order valence-electron chi connectivity index (χ2n) is 4.60. The summed E-state index contributed by atoms with van der Waals surface area (Å²) < 4.78 is 13.2. The molecule has 0 aliphatic heterocycles. The van der Waals surface area contributed by atoms with E-state index >= 15 is 0 Å². The predicted molar refractivity (Wildman–Crippen MR) is 74.7 cm³/mol. The van der Waals surface area contributed by atoms with Crippen LogP contribution in [0.15, 0.2) is 36.4 Å². The van der Waals surface area contributed by atoms with Crippen molar-refractivity contribution in [3.05, 3.63) is 58.9 Å². The minimum Gasteiger partial charge on any atom is -0.399 e. The Hall–Kier alpha value is -2.36. The van der Waals surface area contributed by atoms with Gasteiger partial charge in [-0.15, -0.1) is 0 Å². The van der Waals surface area contributed by atoms with E-state index in [0.717, 1.165) is 11.1 Å². The van der Waals surface area contributed by atoms with Gasteiger partial charge in [0.05, 0.1) is 0 Å². The number of benzene rings is 2. The summed E-state index contributed by atoms with van der Waals surface area (Å²) in [6.07, 6.45) is 0. The van der Waals surface area contributed by atoms with Crippen LogP contribution < -0.4 is 11.1 Å². The van der Waals surface area contributed by atoms with Crippen LogP contribution in [0.1, 0.15) is 21.5 Å². The molecule has 0 saturated carbocycles. The minimum absolute atomic E-state index is 0.274. The molecule has 1 amide bonds. The van der Waals surface area contributed by atoms with Crippen molar-refractivity contribution in [3.63, 3.8) is 0 Å². The second-order valence-corrected chi connectivity index (χ2v) is 4.60. The third-order valence-electron chi connectivity index (χ3n) is 2.66. The molecule has 0 aromatic heterocycles. The fourth-order valence-electron chi connectivity index (χ4n) is 1.99. The Morgan fingerprint density at radius 2 is 1.68 bits per heavy atom. The Labute approximate surface area is 111 Å². The number of amides is 1. The van der Waals surface area contributed by atoms with E-state index in [4.69, 9.17) is 5.73 Å². The first kappa shape index (κ1) is 13.1. The second kappa shape index (κ2) is 5.10. The molecular formula is C15H15FN2O. The lowest BCUT2D eigenvalue weighted by atomic mass is 10.1. The van der Waals surface area contributed by atoms with Crippen molar-refractivity contribution in [2.45, 2.75) is 13.8 Å². The van der Waals surface area contributed by atoms with Gasteiger partial charge in [-0.3, -0.25) is 4.79 Å². The summed E-state index contributed by atoms with van der Waals surface area (Å²) in [6.45, 7) is 3.84. The molecule has 0 atom stereocenters. The van der Waals surface area contributed by atoms with E-state index in [1.165, 1.54) is 18.2 Å². The van der Waals surface area contributed by atoms with Gasteiger partial charge in [0.1, 0.15) is 5.82 Å². The molecule has 0 unspecified atom stereocenters. The van der Waals surface area contributed by atoms with Crippen molar-refractivity contribution in [3.8, 4) is 0 Å². The molecule has 0 fully saturated rings. The lowest BCUT2D eigenvalue weighted by Crippen LogP contribution is -2.12. The van der Waals surface area contributed by atoms with Crippen molar-refractivity contribution >= 4 is 17.3 Å². The van der Waals surface area contributed by atoms with Crippen LogP contribution in [0.5, 0.6) is 0 Å². The third-order valence-corrected chi connectivity index (χ3v) is 2.66. The molecule has 2 rings (SSSR count). The molecule has 0 radical (unpaired) electrons. The van der Waals surface area contributed by atoms with Crippen LogP contribution in [0.25, 0.3) is 0 Å². The van der Waals surface area contributed by atoms with E-state index in [9.17, 15) is 9.18 Å². The zero-order valence-corrected chi connectivity index (χ0v) is 10.8. The maximum absolute atomic E-state index is 13.2. The highest BCUT2D eigenvalue weighted by Crippen LogP contribution is 2.17. The fourth-order valence-corrected chi connectivity index (χ4v) is 1.99. The Kier molecular flexibility index (Phi) is 3.51. The number of rotatable bonds is 2. The number of carbonyl (C=O) groups excluding carboxylic acids is 1. The maximum atomic E-state index is 13.2. The van der Waals surface area contributed by atoms with E-state index in [2.05, 4.69) is 5.32 Å². The van der Waals surface area contributed by atoms with E-state index < -0.39 is 5.82 Å². The minimum atomic E-state index is -0.476. The average Bonchev–Trinajstić information content (AvgIpc) is 2.25. The summed E-state index contributed by atoms with van der Waals surface area (Å²) in [5.74, 6) is -0.757. The standard InChI is InChI=1S/C15H15FN2O/c1-9-3-10(2)5-11(4-9)15(19)18-14-7-12(16)6-13(17)8-14/h3-8H,17H2,1-2H3,(H,18,19). The Morgan fingerprint density at radius 3 is 2.26 bits per heavy atom. The van der Waals surface area contributed by atoms with Crippen LogP contribution in [0.3, 0.4) is 0 Å². The summed E-state index contributed by atoms with van der Waals surface area (Å²) in [6, 6.07) is 9.50. The summed E-state index contributed by atoms with van der Waals surface area (Å²) in [5, 5.41) is 2.64. The number of nitrogens with one attached hydrogen (secondary N) is 1. The van der Waals surface area contributed by atoms with E-state index in [1.54, 1.807) is 12.1 Å². The Bertz CT molecular complexity index is 598. The predicted octanol–water partition coefficient (Wildman–Crippen LogP) is 3.28. The van der Waals surface area contributed by atoms with E-state index in [-0.39, 0.29) is 11.6 Å². The molecule has 98 valence electrons. The van der Waals surface area contributed by atoms with Gasteiger partial charge in [0.2, 0.25) is 0 Å². The Morgan fingerprint density at radius 1 is 1.05 bits per heavy atom. The van der Waals surface area contributed by atoms with Crippen LogP contribution in [0.4, 0.5) is 15.8 Å².